The van der Waals surface area contributed by atoms with Crippen LogP contribution in [0.2, 0.25) is 0 Å². The molecule has 0 radical (unpaired) electrons. The molecule has 1 fully saturated rings. The first-order valence-electron chi connectivity index (χ1n) is 4.67. The first-order chi connectivity index (χ1) is 7.74. The summed E-state index contributed by atoms with van der Waals surface area (Å²) in [7, 11) is 1.37. The lowest BCUT2D eigenvalue weighted by Gasteiger charge is -1.95. The molecule has 1 heterocycles. The summed E-state index contributed by atoms with van der Waals surface area (Å²) < 4.78 is 13.1. The van der Waals surface area contributed by atoms with E-state index in [9.17, 15) is 9.59 Å². The molecule has 0 unspecified atom stereocenters. The smallest absolute Gasteiger partial charge is 0.465 e. The first-order valence-corrected chi connectivity index (χ1v) is 4.67. The highest BCUT2D eigenvalue weighted by Gasteiger charge is 2.09. The molecule has 0 bridgehead atoms. The van der Waals surface area contributed by atoms with E-state index in [-0.39, 0.29) is 5.97 Å². The van der Waals surface area contributed by atoms with Crippen LogP contribution >= 0.6 is 0 Å². The van der Waals surface area contributed by atoms with Gasteiger partial charge in [-0.2, -0.15) is 0 Å². The fraction of sp³-hybridized carbons (Fsp3) is 0.273. The van der Waals surface area contributed by atoms with Crippen LogP contribution in [-0.2, 0) is 14.2 Å². The molecule has 5 nitrogen and oxygen atoms in total. The lowest BCUT2D eigenvalue weighted by atomic mass is 10.2. The van der Waals surface area contributed by atoms with E-state index in [0.717, 1.165) is 0 Å². The molecule has 1 aliphatic rings. The number of rotatable bonds is 1. The molecule has 1 aliphatic heterocycles. The van der Waals surface area contributed by atoms with Gasteiger partial charge in [0.05, 0.1) is 12.7 Å². The van der Waals surface area contributed by atoms with Gasteiger partial charge in [0.2, 0.25) is 0 Å². The van der Waals surface area contributed by atoms with Crippen LogP contribution in [0.25, 0.3) is 0 Å². The fourth-order valence-electron chi connectivity index (χ4n) is 0.984. The Hall–Kier alpha value is -2.04. The maximum atomic E-state index is 10.8. The van der Waals surface area contributed by atoms with Crippen LogP contribution in [0.4, 0.5) is 4.79 Å². The second-order valence-electron chi connectivity index (χ2n) is 2.80. The van der Waals surface area contributed by atoms with Crippen LogP contribution in [0.3, 0.4) is 0 Å². The van der Waals surface area contributed by atoms with Gasteiger partial charge in [-0.05, 0) is 12.1 Å². The van der Waals surface area contributed by atoms with Crippen molar-refractivity contribution in [3.05, 3.63) is 35.9 Å². The topological polar surface area (TPSA) is 61.8 Å². The van der Waals surface area contributed by atoms with E-state index in [0.29, 0.717) is 18.8 Å². The third kappa shape index (κ3) is 4.00. The van der Waals surface area contributed by atoms with E-state index in [1.165, 1.54) is 7.11 Å². The summed E-state index contributed by atoms with van der Waals surface area (Å²) in [5, 5.41) is 0. The van der Waals surface area contributed by atoms with Gasteiger partial charge in [0.25, 0.3) is 0 Å². The molecule has 0 atom stereocenters. The van der Waals surface area contributed by atoms with Crippen LogP contribution in [0.15, 0.2) is 30.3 Å². The van der Waals surface area contributed by atoms with Gasteiger partial charge in [-0.3, -0.25) is 0 Å². The van der Waals surface area contributed by atoms with Crippen molar-refractivity contribution >= 4 is 12.1 Å². The minimum Gasteiger partial charge on any atom is -0.465 e. The third-order valence-electron chi connectivity index (χ3n) is 1.72. The predicted molar refractivity (Wildman–Crippen MR) is 55.1 cm³/mol. The van der Waals surface area contributed by atoms with E-state index in [2.05, 4.69) is 14.2 Å². The Morgan fingerprint density at radius 1 is 1.19 bits per heavy atom. The summed E-state index contributed by atoms with van der Waals surface area (Å²) in [6, 6.07) is 8.88. The number of carbonyl (C=O) groups is 2. The molecular weight excluding hydrogens is 212 g/mol. The molecule has 0 spiro atoms. The summed E-state index contributed by atoms with van der Waals surface area (Å²) in [6.45, 7) is 0.831. The Morgan fingerprint density at radius 2 is 1.75 bits per heavy atom. The number of ether oxygens (including phenoxy) is 3. The maximum absolute atomic E-state index is 10.8. The predicted octanol–water partition coefficient (Wildman–Crippen LogP) is 1.63. The van der Waals surface area contributed by atoms with Crippen molar-refractivity contribution in [3.63, 3.8) is 0 Å². The normalized spacial score (nSPS) is 12.9. The van der Waals surface area contributed by atoms with Gasteiger partial charge in [-0.25, -0.2) is 9.59 Å². The Labute approximate surface area is 92.9 Å². The van der Waals surface area contributed by atoms with Crippen molar-refractivity contribution in [1.82, 2.24) is 0 Å². The van der Waals surface area contributed by atoms with E-state index < -0.39 is 6.16 Å². The number of methoxy groups -OCH3 is 1. The number of carbonyl (C=O) groups excluding carboxylic acids is 2. The molecule has 0 aromatic heterocycles. The molecule has 0 N–H and O–H groups in total. The van der Waals surface area contributed by atoms with Gasteiger partial charge in [0.15, 0.2) is 0 Å². The monoisotopic (exact) mass is 224 g/mol. The second kappa shape index (κ2) is 6.44. The van der Waals surface area contributed by atoms with Crippen molar-refractivity contribution in [2.45, 2.75) is 0 Å². The molecule has 86 valence electrons. The summed E-state index contributed by atoms with van der Waals surface area (Å²) in [5.74, 6) is -0.291. The summed E-state index contributed by atoms with van der Waals surface area (Å²) >= 11 is 0. The SMILES string of the molecule is COC(=O)c1ccccc1.O=C1OCCO1. The zero-order valence-corrected chi connectivity index (χ0v) is 8.84. The summed E-state index contributed by atoms with van der Waals surface area (Å²) in [6.07, 6.45) is -0.546. The van der Waals surface area contributed by atoms with Crippen molar-refractivity contribution in [3.8, 4) is 0 Å². The quantitative estimate of drug-likeness (QED) is 0.678. The zero-order valence-electron chi connectivity index (χ0n) is 8.84. The summed E-state index contributed by atoms with van der Waals surface area (Å²) in [5.41, 5.74) is 0.588. The maximum Gasteiger partial charge on any atom is 0.508 e. The van der Waals surface area contributed by atoms with E-state index in [4.69, 9.17) is 0 Å². The Balaban J connectivity index is 0.000000181. The fourth-order valence-corrected chi connectivity index (χ4v) is 0.984. The molecule has 16 heavy (non-hydrogen) atoms. The van der Waals surface area contributed by atoms with Gasteiger partial charge in [-0.1, -0.05) is 18.2 Å². The van der Waals surface area contributed by atoms with Gasteiger partial charge >= 0.3 is 12.1 Å². The van der Waals surface area contributed by atoms with Crippen molar-refractivity contribution in [1.29, 1.82) is 0 Å². The second-order valence-corrected chi connectivity index (χ2v) is 2.80. The van der Waals surface area contributed by atoms with Crippen molar-refractivity contribution in [2.24, 2.45) is 0 Å². The van der Waals surface area contributed by atoms with Crippen molar-refractivity contribution in [2.75, 3.05) is 20.3 Å². The standard InChI is InChI=1S/C8H8O2.C3H4O3/c1-10-8(9)7-5-3-2-4-6-7;4-3-5-1-2-6-3/h2-6H,1H3;1-2H2. The van der Waals surface area contributed by atoms with Gasteiger partial charge in [-0.15, -0.1) is 0 Å². The Kier molecular flexibility index (Phi) is 4.85. The minimum atomic E-state index is -0.546. The lowest BCUT2D eigenvalue weighted by Crippen LogP contribution is -1.99. The first kappa shape index (κ1) is 12.0. The molecule has 1 aromatic carbocycles. The van der Waals surface area contributed by atoms with Crippen LogP contribution in [0, 0.1) is 0 Å². The largest absolute Gasteiger partial charge is 0.508 e. The van der Waals surface area contributed by atoms with Crippen LogP contribution in [-0.4, -0.2) is 32.4 Å². The lowest BCUT2D eigenvalue weighted by molar-refractivity contribution is 0.0600. The molecule has 2 rings (SSSR count). The highest BCUT2D eigenvalue weighted by Crippen LogP contribution is 1.98. The number of esters is 1. The number of cyclic esters (lactones) is 2. The van der Waals surface area contributed by atoms with E-state index >= 15 is 0 Å². The van der Waals surface area contributed by atoms with Crippen LogP contribution < -0.4 is 0 Å². The van der Waals surface area contributed by atoms with Crippen molar-refractivity contribution < 1.29 is 23.8 Å². The highest BCUT2D eigenvalue weighted by atomic mass is 16.8. The molecule has 5 heteroatoms. The molecule has 1 aromatic rings. The number of hydrogen-bond acceptors (Lipinski definition) is 5. The highest BCUT2D eigenvalue weighted by molar-refractivity contribution is 5.89. The Morgan fingerprint density at radius 3 is 2.12 bits per heavy atom. The molecule has 0 aliphatic carbocycles. The van der Waals surface area contributed by atoms with Gasteiger partial charge < -0.3 is 14.2 Å². The van der Waals surface area contributed by atoms with Gasteiger partial charge in [0, 0.05) is 0 Å². The molecule has 0 saturated carbocycles. The average Bonchev–Trinajstić information content (AvgIpc) is 2.81. The molecular formula is C11H12O5. The van der Waals surface area contributed by atoms with E-state index in [1.54, 1.807) is 24.3 Å². The van der Waals surface area contributed by atoms with Gasteiger partial charge in [0.1, 0.15) is 13.2 Å². The minimum absolute atomic E-state index is 0.291. The van der Waals surface area contributed by atoms with E-state index in [1.807, 2.05) is 6.07 Å². The molecule has 1 saturated heterocycles. The number of hydrogen-bond donors (Lipinski definition) is 0. The van der Waals surface area contributed by atoms with Crippen LogP contribution in [0.1, 0.15) is 10.4 Å². The Bertz CT molecular complexity index is 339. The zero-order chi connectivity index (χ0) is 11.8. The number of benzene rings is 1. The summed E-state index contributed by atoms with van der Waals surface area (Å²) in [4.78, 5) is 20.6. The van der Waals surface area contributed by atoms with Crippen LogP contribution in [0.5, 0.6) is 0 Å². The molecule has 0 amide bonds. The third-order valence-corrected chi connectivity index (χ3v) is 1.72. The average molecular weight is 224 g/mol.